The molecule has 1 heterocycles. The molecule has 7 atom stereocenters. The zero-order valence-corrected chi connectivity index (χ0v) is 16.2. The zero-order chi connectivity index (χ0) is 18.6. The van der Waals surface area contributed by atoms with Gasteiger partial charge in [-0.2, -0.15) is 0 Å². The highest BCUT2D eigenvalue weighted by Crippen LogP contribution is 2.66. The molecule has 1 aliphatic heterocycles. The maximum atomic E-state index is 11.9. The van der Waals surface area contributed by atoms with Crippen LogP contribution in [0, 0.1) is 40.4 Å². The van der Waals surface area contributed by atoms with Gasteiger partial charge in [-0.1, -0.05) is 25.7 Å². The van der Waals surface area contributed by atoms with Crippen molar-refractivity contribution >= 4 is 5.91 Å². The van der Waals surface area contributed by atoms with Gasteiger partial charge in [-0.25, -0.2) is 0 Å². The molecule has 0 aromatic carbocycles. The Bertz CT molecular complexity index is 652. The number of fused-ring (bicyclic) bond motifs is 5. The summed E-state index contributed by atoms with van der Waals surface area (Å²) >= 11 is 0. The number of carbonyl (C=O) groups excluding carboxylic acids is 1. The van der Waals surface area contributed by atoms with Gasteiger partial charge < -0.3 is 15.5 Å². The van der Waals surface area contributed by atoms with Crippen molar-refractivity contribution in [1.82, 2.24) is 5.32 Å². The summed E-state index contributed by atoms with van der Waals surface area (Å²) in [6.07, 6.45) is 8.29. The summed E-state index contributed by atoms with van der Waals surface area (Å²) in [7, 11) is 0. The average molecular weight is 360 g/mol. The molecule has 1 saturated heterocycles. The fraction of sp³-hybridized carbons (Fsp3) is 0.864. The molecule has 0 spiro atoms. The second-order valence-electron chi connectivity index (χ2n) is 9.71. The van der Waals surface area contributed by atoms with Gasteiger partial charge >= 0.3 is 0 Å². The highest BCUT2D eigenvalue weighted by atomic mass is 16.3. The second kappa shape index (κ2) is 6.24. The van der Waals surface area contributed by atoms with Crippen LogP contribution in [-0.4, -0.2) is 34.4 Å². The molecule has 3 N–H and O–H groups in total. The largest absolute Gasteiger partial charge is 0.395 e. The molecule has 4 rings (SSSR count). The van der Waals surface area contributed by atoms with E-state index in [-0.39, 0.29) is 23.3 Å². The number of hydrogen-bond donors (Lipinski definition) is 3. The third kappa shape index (κ3) is 2.47. The van der Waals surface area contributed by atoms with Gasteiger partial charge in [0.1, 0.15) is 5.60 Å². The second-order valence-corrected chi connectivity index (χ2v) is 9.71. The van der Waals surface area contributed by atoms with E-state index in [4.69, 9.17) is 5.11 Å². The van der Waals surface area contributed by atoms with Crippen LogP contribution < -0.4 is 5.32 Å². The van der Waals surface area contributed by atoms with Gasteiger partial charge in [0.25, 0.3) is 0 Å². The van der Waals surface area contributed by atoms with Crippen molar-refractivity contribution in [1.29, 1.82) is 0 Å². The number of carbonyl (C=O) groups is 1. The Labute approximate surface area is 157 Å². The van der Waals surface area contributed by atoms with Crippen LogP contribution >= 0.6 is 0 Å². The zero-order valence-electron chi connectivity index (χ0n) is 16.2. The Hall–Kier alpha value is -1.05. The van der Waals surface area contributed by atoms with Crippen LogP contribution in [0.4, 0.5) is 0 Å². The van der Waals surface area contributed by atoms with Crippen molar-refractivity contribution in [3.63, 3.8) is 0 Å². The monoisotopic (exact) mass is 359 g/mol. The van der Waals surface area contributed by atoms with Crippen molar-refractivity contribution in [2.24, 2.45) is 28.6 Å². The summed E-state index contributed by atoms with van der Waals surface area (Å²) < 4.78 is 0. The highest BCUT2D eigenvalue weighted by Gasteiger charge is 2.64. The number of aliphatic hydroxyl groups is 2. The van der Waals surface area contributed by atoms with Gasteiger partial charge in [0.2, 0.25) is 5.91 Å². The first-order valence-corrected chi connectivity index (χ1v) is 10.5. The number of hydrogen-bond acceptors (Lipinski definition) is 3. The molecular weight excluding hydrogens is 326 g/mol. The Morgan fingerprint density at radius 2 is 1.88 bits per heavy atom. The molecule has 4 fully saturated rings. The summed E-state index contributed by atoms with van der Waals surface area (Å²) in [6.45, 7) is 4.71. The standard InChI is InChI=1S/C22H33NO3/c1-20-11-9-19(25)23-18(20)6-5-15-16(20)7-12-21(2)17(15)8-13-22(21,26)10-3-4-14-24/h15-18,24,26H,4-9,11-14H2,1-2H3,(H,23,25)/t15-,16+,17+,18-,20-,21+,22+/m1/s1. The van der Waals surface area contributed by atoms with Crippen molar-refractivity contribution < 1.29 is 15.0 Å². The normalized spacial score (nSPS) is 49.9. The van der Waals surface area contributed by atoms with Crippen LogP contribution in [0.5, 0.6) is 0 Å². The molecule has 3 saturated carbocycles. The SMILES string of the molecule is C[C@]12CCC(=O)N[C@@H]1CC[C@@H]1[C@@H]2CC[C@@]2(C)[C@H]1CC[C@@]2(O)C#CCCO. The molecule has 0 unspecified atom stereocenters. The summed E-state index contributed by atoms with van der Waals surface area (Å²) in [4.78, 5) is 11.9. The first-order chi connectivity index (χ1) is 12.3. The average Bonchev–Trinajstić information content (AvgIpc) is 2.87. The third-order valence-electron chi connectivity index (χ3n) is 8.78. The molecule has 26 heavy (non-hydrogen) atoms. The lowest BCUT2D eigenvalue weighted by Gasteiger charge is -2.60. The number of nitrogens with one attached hydrogen (secondary N) is 1. The van der Waals surface area contributed by atoms with Crippen LogP contribution in [0.25, 0.3) is 0 Å². The van der Waals surface area contributed by atoms with E-state index < -0.39 is 5.60 Å². The molecule has 0 aromatic heterocycles. The Kier molecular flexibility index (Phi) is 4.40. The molecule has 4 heteroatoms. The number of amides is 1. The summed E-state index contributed by atoms with van der Waals surface area (Å²) in [5.74, 6) is 8.19. The fourth-order valence-electron chi connectivity index (χ4n) is 7.19. The molecule has 3 aliphatic carbocycles. The lowest BCUT2D eigenvalue weighted by Crippen LogP contribution is -2.62. The van der Waals surface area contributed by atoms with Crippen LogP contribution in [0.3, 0.4) is 0 Å². The molecular formula is C22H33NO3. The minimum atomic E-state index is -0.906. The Morgan fingerprint density at radius 1 is 1.12 bits per heavy atom. The molecule has 0 radical (unpaired) electrons. The highest BCUT2D eigenvalue weighted by molar-refractivity contribution is 5.77. The number of aliphatic hydroxyl groups excluding tert-OH is 1. The van der Waals surface area contributed by atoms with E-state index in [2.05, 4.69) is 31.0 Å². The van der Waals surface area contributed by atoms with Crippen LogP contribution in [0.2, 0.25) is 0 Å². The molecule has 4 aliphatic rings. The lowest BCUT2D eigenvalue weighted by atomic mass is 9.46. The van der Waals surface area contributed by atoms with Crippen molar-refractivity contribution in [3.8, 4) is 11.8 Å². The van der Waals surface area contributed by atoms with E-state index in [1.54, 1.807) is 0 Å². The maximum absolute atomic E-state index is 11.9. The van der Waals surface area contributed by atoms with E-state index in [1.807, 2.05) is 0 Å². The van der Waals surface area contributed by atoms with Gasteiger partial charge in [-0.3, -0.25) is 4.79 Å². The molecule has 144 valence electrons. The van der Waals surface area contributed by atoms with Crippen molar-refractivity contribution in [2.75, 3.05) is 6.61 Å². The number of rotatable bonds is 1. The quantitative estimate of drug-likeness (QED) is 0.631. The van der Waals surface area contributed by atoms with E-state index in [1.165, 1.54) is 0 Å². The van der Waals surface area contributed by atoms with Gasteiger partial charge in [-0.15, -0.1) is 0 Å². The van der Waals surface area contributed by atoms with E-state index in [0.29, 0.717) is 36.6 Å². The minimum Gasteiger partial charge on any atom is -0.395 e. The first kappa shape index (κ1) is 18.3. The summed E-state index contributed by atoms with van der Waals surface area (Å²) in [5.41, 5.74) is -0.838. The maximum Gasteiger partial charge on any atom is 0.220 e. The summed E-state index contributed by atoms with van der Waals surface area (Å²) in [6, 6.07) is 0.332. The predicted octanol–water partition coefficient (Wildman–Crippen LogP) is 2.62. The molecule has 0 aromatic rings. The molecule has 0 bridgehead atoms. The topological polar surface area (TPSA) is 69.6 Å². The Morgan fingerprint density at radius 3 is 2.65 bits per heavy atom. The first-order valence-electron chi connectivity index (χ1n) is 10.5. The number of piperidine rings is 1. The lowest BCUT2D eigenvalue weighted by molar-refractivity contribution is -0.142. The molecule has 1 amide bonds. The van der Waals surface area contributed by atoms with Crippen LogP contribution in [0.1, 0.15) is 71.6 Å². The molecule has 4 nitrogen and oxygen atoms in total. The van der Waals surface area contributed by atoms with Gasteiger partial charge in [0.15, 0.2) is 0 Å². The van der Waals surface area contributed by atoms with Crippen LogP contribution in [-0.2, 0) is 4.79 Å². The van der Waals surface area contributed by atoms with Gasteiger partial charge in [0.05, 0.1) is 6.61 Å². The van der Waals surface area contributed by atoms with Crippen molar-refractivity contribution in [2.45, 2.75) is 83.3 Å². The predicted molar refractivity (Wildman–Crippen MR) is 100.0 cm³/mol. The van der Waals surface area contributed by atoms with Crippen molar-refractivity contribution in [3.05, 3.63) is 0 Å². The van der Waals surface area contributed by atoms with Gasteiger partial charge in [-0.05, 0) is 68.1 Å². The summed E-state index contributed by atoms with van der Waals surface area (Å²) in [5, 5.41) is 23.7. The minimum absolute atomic E-state index is 0.0549. The van der Waals surface area contributed by atoms with E-state index in [9.17, 15) is 9.90 Å². The third-order valence-corrected chi connectivity index (χ3v) is 8.78. The van der Waals surface area contributed by atoms with E-state index >= 15 is 0 Å². The van der Waals surface area contributed by atoms with Gasteiger partial charge in [0, 0.05) is 24.3 Å². The fourth-order valence-corrected chi connectivity index (χ4v) is 7.19. The van der Waals surface area contributed by atoms with Crippen LogP contribution in [0.15, 0.2) is 0 Å². The van der Waals surface area contributed by atoms with E-state index in [0.717, 1.165) is 44.9 Å². The Balaban J connectivity index is 1.60. The smallest absolute Gasteiger partial charge is 0.220 e.